The number of hydrogen-bond donors (Lipinski definition) is 1. The molecule has 0 saturated heterocycles. The van der Waals surface area contributed by atoms with Crippen LogP contribution < -0.4 is 10.5 Å². The van der Waals surface area contributed by atoms with Gasteiger partial charge in [0.25, 0.3) is 0 Å². The summed E-state index contributed by atoms with van der Waals surface area (Å²) < 4.78 is 19.0. The van der Waals surface area contributed by atoms with Gasteiger partial charge in [-0.05, 0) is 55.8 Å². The molecule has 0 unspecified atom stereocenters. The van der Waals surface area contributed by atoms with Gasteiger partial charge in [-0.3, -0.25) is 4.79 Å². The van der Waals surface area contributed by atoms with E-state index in [0.29, 0.717) is 11.1 Å². The molecule has 0 radical (unpaired) electrons. The second kappa shape index (κ2) is 4.58. The number of benzene rings is 2. The summed E-state index contributed by atoms with van der Waals surface area (Å²) in [6.45, 7) is 4.02. The van der Waals surface area contributed by atoms with Gasteiger partial charge >= 0.3 is 0 Å². The van der Waals surface area contributed by atoms with Crippen LogP contribution in [0.4, 0.5) is 10.1 Å². The Bertz CT molecular complexity index is 738. The normalized spacial score (nSPS) is 15.4. The Morgan fingerprint density at radius 2 is 1.86 bits per heavy atom. The lowest BCUT2D eigenvalue weighted by Crippen LogP contribution is -2.24. The third-order valence-electron chi connectivity index (χ3n) is 3.58. The zero-order valence-electron chi connectivity index (χ0n) is 11.9. The van der Waals surface area contributed by atoms with E-state index in [1.807, 2.05) is 26.0 Å². The molecule has 108 valence electrons. The van der Waals surface area contributed by atoms with Gasteiger partial charge in [0.15, 0.2) is 5.78 Å². The molecule has 0 fully saturated rings. The van der Waals surface area contributed by atoms with Crippen molar-refractivity contribution in [3.63, 3.8) is 0 Å². The summed E-state index contributed by atoms with van der Waals surface area (Å²) in [5, 5.41) is 0. The Balaban J connectivity index is 1.95. The second-order valence-corrected chi connectivity index (χ2v) is 5.93. The van der Waals surface area contributed by atoms with Crippen LogP contribution in [0.1, 0.15) is 35.3 Å². The van der Waals surface area contributed by atoms with Crippen molar-refractivity contribution >= 4 is 11.5 Å². The van der Waals surface area contributed by atoms with Crippen LogP contribution in [0.25, 0.3) is 0 Å². The first-order valence-electron chi connectivity index (χ1n) is 6.77. The van der Waals surface area contributed by atoms with E-state index in [-0.39, 0.29) is 17.1 Å². The van der Waals surface area contributed by atoms with Crippen molar-refractivity contribution < 1.29 is 13.9 Å². The van der Waals surface area contributed by atoms with Crippen LogP contribution in [-0.2, 0) is 6.42 Å². The van der Waals surface area contributed by atoms with Crippen molar-refractivity contribution in [1.29, 1.82) is 0 Å². The van der Waals surface area contributed by atoms with E-state index in [9.17, 15) is 9.18 Å². The smallest absolute Gasteiger partial charge is 0.193 e. The quantitative estimate of drug-likeness (QED) is 0.680. The van der Waals surface area contributed by atoms with Crippen molar-refractivity contribution in [2.75, 3.05) is 5.73 Å². The number of rotatable bonds is 2. The van der Waals surface area contributed by atoms with Crippen LogP contribution in [0.15, 0.2) is 36.4 Å². The number of nitrogen functional groups attached to an aromatic ring is 1. The van der Waals surface area contributed by atoms with E-state index in [1.54, 1.807) is 6.07 Å². The summed E-state index contributed by atoms with van der Waals surface area (Å²) >= 11 is 0. The van der Waals surface area contributed by atoms with E-state index >= 15 is 0 Å². The number of ether oxygens (including phenoxy) is 1. The molecule has 3 rings (SSSR count). The Morgan fingerprint density at radius 3 is 2.57 bits per heavy atom. The standard InChI is InChI=1S/C17H16FNO2/c1-17(2)9-12-7-10(4-6-15(12)21-17)16(20)11-3-5-13(18)14(19)8-11/h3-8H,9,19H2,1-2H3. The minimum atomic E-state index is -0.518. The number of hydrogen-bond acceptors (Lipinski definition) is 3. The summed E-state index contributed by atoms with van der Waals surface area (Å²) in [7, 11) is 0. The van der Waals surface area contributed by atoms with Gasteiger partial charge < -0.3 is 10.5 Å². The van der Waals surface area contributed by atoms with Gasteiger partial charge in [0.05, 0.1) is 5.69 Å². The number of nitrogens with two attached hydrogens (primary N) is 1. The maximum absolute atomic E-state index is 13.2. The van der Waals surface area contributed by atoms with Gasteiger partial charge in [0.1, 0.15) is 17.2 Å². The van der Waals surface area contributed by atoms with Gasteiger partial charge in [-0.2, -0.15) is 0 Å². The number of halogens is 1. The average molecular weight is 285 g/mol. The molecule has 2 aromatic rings. The monoisotopic (exact) mass is 285 g/mol. The number of carbonyl (C=O) groups excluding carboxylic acids is 1. The highest BCUT2D eigenvalue weighted by molar-refractivity contribution is 6.09. The fraction of sp³-hybridized carbons (Fsp3) is 0.235. The summed E-state index contributed by atoms with van der Waals surface area (Å²) in [6.07, 6.45) is 0.759. The number of fused-ring (bicyclic) bond motifs is 1. The fourth-order valence-electron chi connectivity index (χ4n) is 2.60. The minimum absolute atomic E-state index is 0.0218. The maximum atomic E-state index is 13.2. The molecule has 0 amide bonds. The highest BCUT2D eigenvalue weighted by Gasteiger charge is 2.30. The van der Waals surface area contributed by atoms with Crippen LogP contribution in [0, 0.1) is 5.82 Å². The third-order valence-corrected chi connectivity index (χ3v) is 3.58. The molecule has 1 aliphatic heterocycles. The Hall–Kier alpha value is -2.36. The molecule has 0 spiro atoms. The van der Waals surface area contributed by atoms with Gasteiger partial charge in [-0.1, -0.05) is 0 Å². The van der Waals surface area contributed by atoms with E-state index in [0.717, 1.165) is 17.7 Å². The number of carbonyl (C=O) groups is 1. The first-order valence-corrected chi connectivity index (χ1v) is 6.77. The van der Waals surface area contributed by atoms with Crippen molar-refractivity contribution in [1.82, 2.24) is 0 Å². The van der Waals surface area contributed by atoms with Crippen molar-refractivity contribution in [3.05, 3.63) is 58.9 Å². The molecule has 0 aromatic heterocycles. The molecular formula is C17H16FNO2. The van der Waals surface area contributed by atoms with E-state index < -0.39 is 5.82 Å². The minimum Gasteiger partial charge on any atom is -0.487 e. The molecule has 2 N–H and O–H groups in total. The lowest BCUT2D eigenvalue weighted by atomic mass is 9.97. The summed E-state index contributed by atoms with van der Waals surface area (Å²) in [5.74, 6) is 0.125. The van der Waals surface area contributed by atoms with E-state index in [1.165, 1.54) is 18.2 Å². The Morgan fingerprint density at radius 1 is 1.19 bits per heavy atom. The highest BCUT2D eigenvalue weighted by atomic mass is 19.1. The fourth-order valence-corrected chi connectivity index (χ4v) is 2.60. The van der Waals surface area contributed by atoms with Gasteiger partial charge in [-0.25, -0.2) is 4.39 Å². The van der Waals surface area contributed by atoms with Crippen LogP contribution >= 0.6 is 0 Å². The summed E-state index contributed by atoms with van der Waals surface area (Å²) in [4.78, 5) is 12.5. The first-order chi connectivity index (χ1) is 9.85. The molecule has 0 bridgehead atoms. The van der Waals surface area contributed by atoms with Crippen LogP contribution in [0.5, 0.6) is 5.75 Å². The van der Waals surface area contributed by atoms with Gasteiger partial charge in [0.2, 0.25) is 0 Å². The predicted molar refractivity (Wildman–Crippen MR) is 79.1 cm³/mol. The number of ketones is 1. The average Bonchev–Trinajstić information content (AvgIpc) is 2.73. The van der Waals surface area contributed by atoms with E-state index in [4.69, 9.17) is 10.5 Å². The van der Waals surface area contributed by atoms with Crippen molar-refractivity contribution in [2.45, 2.75) is 25.9 Å². The predicted octanol–water partition coefficient (Wildman–Crippen LogP) is 3.35. The Kier molecular flexibility index (Phi) is 2.97. The molecule has 3 nitrogen and oxygen atoms in total. The largest absolute Gasteiger partial charge is 0.487 e. The topological polar surface area (TPSA) is 52.3 Å². The maximum Gasteiger partial charge on any atom is 0.193 e. The van der Waals surface area contributed by atoms with Crippen LogP contribution in [0.2, 0.25) is 0 Å². The summed E-state index contributed by atoms with van der Waals surface area (Å²) in [5.41, 5.74) is 7.20. The molecule has 1 aliphatic rings. The molecule has 0 atom stereocenters. The first kappa shape index (κ1) is 13.6. The zero-order chi connectivity index (χ0) is 15.2. The number of anilines is 1. The Labute approximate surface area is 122 Å². The highest BCUT2D eigenvalue weighted by Crippen LogP contribution is 2.35. The van der Waals surface area contributed by atoms with Crippen LogP contribution in [0.3, 0.4) is 0 Å². The van der Waals surface area contributed by atoms with Gasteiger partial charge in [0, 0.05) is 17.5 Å². The summed E-state index contributed by atoms with van der Waals surface area (Å²) in [6, 6.07) is 9.40. The van der Waals surface area contributed by atoms with E-state index in [2.05, 4.69) is 0 Å². The zero-order valence-corrected chi connectivity index (χ0v) is 11.9. The molecular weight excluding hydrogens is 269 g/mol. The third kappa shape index (κ3) is 2.49. The second-order valence-electron chi connectivity index (χ2n) is 5.93. The molecule has 4 heteroatoms. The molecule has 1 heterocycles. The lowest BCUT2D eigenvalue weighted by Gasteiger charge is -2.16. The van der Waals surface area contributed by atoms with Crippen molar-refractivity contribution in [2.24, 2.45) is 0 Å². The van der Waals surface area contributed by atoms with Gasteiger partial charge in [-0.15, -0.1) is 0 Å². The molecule has 21 heavy (non-hydrogen) atoms. The van der Waals surface area contributed by atoms with Crippen LogP contribution in [-0.4, -0.2) is 11.4 Å². The van der Waals surface area contributed by atoms with Crippen molar-refractivity contribution in [3.8, 4) is 5.75 Å². The molecule has 2 aromatic carbocycles. The SMILES string of the molecule is CC1(C)Cc2cc(C(=O)c3ccc(F)c(N)c3)ccc2O1. The lowest BCUT2D eigenvalue weighted by molar-refractivity contribution is 0.103. The molecule has 0 saturated carbocycles. The molecule has 0 aliphatic carbocycles.